The minimum atomic E-state index is -4.99. The molecule has 1 saturated carbocycles. The predicted molar refractivity (Wildman–Crippen MR) is 101 cm³/mol. The Hall–Kier alpha value is -2.05. The number of halogens is 3. The first-order chi connectivity index (χ1) is 13.3. The molecule has 7 heteroatoms. The molecule has 0 radical (unpaired) electrons. The number of hydrogen-bond donors (Lipinski definition) is 0. The van der Waals surface area contributed by atoms with Crippen LogP contribution in [0.3, 0.4) is 0 Å². The van der Waals surface area contributed by atoms with Gasteiger partial charge in [-0.15, -0.1) is 0 Å². The summed E-state index contributed by atoms with van der Waals surface area (Å²) in [5.41, 5.74) is 1.76. The number of ketones is 1. The maximum Gasteiger partial charge on any atom is 0.490 e. The Balaban J connectivity index is 1.99. The van der Waals surface area contributed by atoms with E-state index < -0.39 is 23.7 Å². The first kappa shape index (κ1) is 21.7. The van der Waals surface area contributed by atoms with E-state index in [0.717, 1.165) is 17.5 Å². The van der Waals surface area contributed by atoms with E-state index in [1.807, 2.05) is 26.0 Å². The SMILES string of the molecule is COc1cc2c(cc1C(C)=O)CC[C@H]1C(C)(C)[C@@H](OC(=O)C(F)(F)F)CC[C@]21C. The Kier molecular flexibility index (Phi) is 5.25. The molecule has 160 valence electrons. The van der Waals surface area contributed by atoms with Gasteiger partial charge in [-0.25, -0.2) is 4.79 Å². The molecule has 0 saturated heterocycles. The molecular weight excluding hydrogens is 385 g/mol. The average Bonchev–Trinajstić information content (AvgIpc) is 2.62. The fourth-order valence-corrected chi connectivity index (χ4v) is 5.55. The van der Waals surface area contributed by atoms with Crippen molar-refractivity contribution >= 4 is 11.8 Å². The van der Waals surface area contributed by atoms with Gasteiger partial charge >= 0.3 is 12.1 Å². The second-order valence-corrected chi connectivity index (χ2v) is 9.03. The van der Waals surface area contributed by atoms with Gasteiger partial charge in [0.25, 0.3) is 0 Å². The van der Waals surface area contributed by atoms with Crippen LogP contribution in [0.25, 0.3) is 0 Å². The van der Waals surface area contributed by atoms with Crippen LogP contribution in [0.2, 0.25) is 0 Å². The van der Waals surface area contributed by atoms with Crippen molar-refractivity contribution in [1.29, 1.82) is 0 Å². The van der Waals surface area contributed by atoms with Gasteiger partial charge < -0.3 is 9.47 Å². The summed E-state index contributed by atoms with van der Waals surface area (Å²) in [6, 6.07) is 3.80. The van der Waals surface area contributed by atoms with Crippen molar-refractivity contribution in [3.05, 3.63) is 28.8 Å². The van der Waals surface area contributed by atoms with Crippen molar-refractivity contribution in [2.24, 2.45) is 11.3 Å². The van der Waals surface area contributed by atoms with E-state index in [1.165, 1.54) is 14.0 Å². The number of ether oxygens (including phenoxy) is 2. The Morgan fingerprint density at radius 2 is 1.79 bits per heavy atom. The number of esters is 1. The lowest BCUT2D eigenvalue weighted by Gasteiger charge is -2.56. The van der Waals surface area contributed by atoms with E-state index in [0.29, 0.717) is 30.6 Å². The fraction of sp³-hybridized carbons (Fsp3) is 0.636. The van der Waals surface area contributed by atoms with E-state index in [-0.39, 0.29) is 17.1 Å². The van der Waals surface area contributed by atoms with Gasteiger partial charge in [0.1, 0.15) is 11.9 Å². The van der Waals surface area contributed by atoms with Crippen molar-refractivity contribution in [3.8, 4) is 5.75 Å². The zero-order valence-electron chi connectivity index (χ0n) is 17.4. The van der Waals surface area contributed by atoms with Crippen LogP contribution in [0.15, 0.2) is 12.1 Å². The number of alkyl halides is 3. The maximum atomic E-state index is 12.7. The molecule has 0 amide bonds. The molecule has 3 atom stereocenters. The molecule has 1 fully saturated rings. The summed E-state index contributed by atoms with van der Waals surface area (Å²) in [6.07, 6.45) is -3.39. The number of Topliss-reactive ketones (excluding diaryl/α,β-unsaturated/α-hetero) is 1. The van der Waals surface area contributed by atoms with Crippen LogP contribution in [0, 0.1) is 11.3 Å². The number of aryl methyl sites for hydroxylation is 1. The third-order valence-electron chi connectivity index (χ3n) is 7.03. The maximum absolute atomic E-state index is 12.7. The van der Waals surface area contributed by atoms with Gasteiger partial charge in [-0.2, -0.15) is 13.2 Å². The first-order valence-corrected chi connectivity index (χ1v) is 9.82. The average molecular weight is 412 g/mol. The van der Waals surface area contributed by atoms with Crippen LogP contribution in [-0.4, -0.2) is 31.1 Å². The highest BCUT2D eigenvalue weighted by atomic mass is 19.4. The molecule has 4 nitrogen and oxygen atoms in total. The number of benzene rings is 1. The number of rotatable bonds is 3. The summed E-state index contributed by atoms with van der Waals surface area (Å²) in [5, 5.41) is 0. The highest BCUT2D eigenvalue weighted by Crippen LogP contribution is 2.58. The minimum Gasteiger partial charge on any atom is -0.496 e. The number of methoxy groups -OCH3 is 1. The summed E-state index contributed by atoms with van der Waals surface area (Å²) < 4.78 is 48.6. The number of hydrogen-bond acceptors (Lipinski definition) is 4. The van der Waals surface area contributed by atoms with Gasteiger partial charge in [-0.1, -0.05) is 20.8 Å². The van der Waals surface area contributed by atoms with Gasteiger partial charge in [-0.05, 0) is 67.2 Å². The lowest BCUT2D eigenvalue weighted by atomic mass is 9.49. The Bertz CT molecular complexity index is 843. The van der Waals surface area contributed by atoms with Crippen LogP contribution in [0.4, 0.5) is 13.2 Å². The van der Waals surface area contributed by atoms with E-state index in [1.54, 1.807) is 0 Å². The molecule has 2 aliphatic rings. The molecule has 2 aliphatic carbocycles. The summed E-state index contributed by atoms with van der Waals surface area (Å²) in [4.78, 5) is 23.4. The van der Waals surface area contributed by atoms with Gasteiger partial charge in [0, 0.05) is 5.41 Å². The zero-order valence-corrected chi connectivity index (χ0v) is 17.4. The number of carbonyl (C=O) groups excluding carboxylic acids is 2. The molecule has 0 aliphatic heterocycles. The predicted octanol–water partition coefficient (Wildman–Crippen LogP) is 5.01. The topological polar surface area (TPSA) is 52.6 Å². The molecule has 1 aromatic carbocycles. The molecule has 0 aromatic heterocycles. The quantitative estimate of drug-likeness (QED) is 0.517. The van der Waals surface area contributed by atoms with Crippen molar-refractivity contribution in [2.75, 3.05) is 7.11 Å². The monoisotopic (exact) mass is 412 g/mol. The van der Waals surface area contributed by atoms with Crippen LogP contribution < -0.4 is 4.74 Å². The van der Waals surface area contributed by atoms with E-state index in [4.69, 9.17) is 9.47 Å². The molecule has 0 bridgehead atoms. The largest absolute Gasteiger partial charge is 0.496 e. The third kappa shape index (κ3) is 3.53. The van der Waals surface area contributed by atoms with Crippen LogP contribution in [0.5, 0.6) is 5.75 Å². The number of carbonyl (C=O) groups is 2. The Labute approximate surface area is 168 Å². The Morgan fingerprint density at radius 1 is 1.14 bits per heavy atom. The molecule has 0 N–H and O–H groups in total. The van der Waals surface area contributed by atoms with E-state index in [2.05, 4.69) is 6.92 Å². The zero-order chi connectivity index (χ0) is 21.8. The summed E-state index contributed by atoms with van der Waals surface area (Å²) >= 11 is 0. The second kappa shape index (κ2) is 7.03. The highest BCUT2D eigenvalue weighted by Gasteiger charge is 2.56. The van der Waals surface area contributed by atoms with Crippen molar-refractivity contribution < 1.29 is 32.2 Å². The van der Waals surface area contributed by atoms with Crippen molar-refractivity contribution in [3.63, 3.8) is 0 Å². The normalized spacial score (nSPS) is 28.1. The molecule has 0 heterocycles. The second-order valence-electron chi connectivity index (χ2n) is 9.03. The van der Waals surface area contributed by atoms with Gasteiger partial charge in [0.2, 0.25) is 0 Å². The smallest absolute Gasteiger partial charge is 0.490 e. The first-order valence-electron chi connectivity index (χ1n) is 9.82. The van der Waals surface area contributed by atoms with E-state index in [9.17, 15) is 22.8 Å². The molecule has 3 rings (SSSR count). The molecule has 0 unspecified atom stereocenters. The fourth-order valence-electron chi connectivity index (χ4n) is 5.55. The summed E-state index contributed by atoms with van der Waals surface area (Å²) in [5.74, 6) is -1.65. The number of fused-ring (bicyclic) bond motifs is 3. The van der Waals surface area contributed by atoms with Crippen LogP contribution >= 0.6 is 0 Å². The summed E-state index contributed by atoms with van der Waals surface area (Å²) in [7, 11) is 1.52. The van der Waals surface area contributed by atoms with Gasteiger partial charge in [0.15, 0.2) is 5.78 Å². The standard InChI is InChI=1S/C22H27F3O4/c1-12(26)14-10-13-6-7-17-20(2,3)18(29-19(27)22(23,24)25)8-9-21(17,4)15(13)11-16(14)28-5/h10-11,17-18H,6-9H2,1-5H3/t17-,18-,21+/m0/s1. The summed E-state index contributed by atoms with van der Waals surface area (Å²) in [6.45, 7) is 7.39. The molecule has 29 heavy (non-hydrogen) atoms. The molecule has 1 aromatic rings. The minimum absolute atomic E-state index is 0.0233. The highest BCUT2D eigenvalue weighted by molar-refractivity contribution is 5.97. The lowest BCUT2D eigenvalue weighted by Crippen LogP contribution is -2.55. The lowest BCUT2D eigenvalue weighted by molar-refractivity contribution is -0.216. The Morgan fingerprint density at radius 3 is 2.34 bits per heavy atom. The van der Waals surface area contributed by atoms with Crippen molar-refractivity contribution in [2.45, 2.75) is 71.1 Å². The van der Waals surface area contributed by atoms with Crippen LogP contribution in [0.1, 0.15) is 68.4 Å². The van der Waals surface area contributed by atoms with Gasteiger partial charge in [0.05, 0.1) is 12.7 Å². The van der Waals surface area contributed by atoms with Crippen LogP contribution in [-0.2, 0) is 21.4 Å². The van der Waals surface area contributed by atoms with E-state index >= 15 is 0 Å². The third-order valence-corrected chi connectivity index (χ3v) is 7.03. The molecular formula is C22H27F3O4. The van der Waals surface area contributed by atoms with Gasteiger partial charge in [-0.3, -0.25) is 4.79 Å². The van der Waals surface area contributed by atoms with Crippen molar-refractivity contribution in [1.82, 2.24) is 0 Å². The molecule has 0 spiro atoms.